The number of aliphatic hydroxyl groups is 1. The molecule has 0 aliphatic carbocycles. The van der Waals surface area contributed by atoms with E-state index in [4.69, 9.17) is 18.9 Å². The van der Waals surface area contributed by atoms with Gasteiger partial charge in [0, 0.05) is 12.8 Å². The molecule has 0 saturated carbocycles. The maximum Gasteiger partial charge on any atom is 0.192 e. The largest absolute Gasteiger partial charge is 0.411 e. The molecule has 1 heterocycles. The predicted molar refractivity (Wildman–Crippen MR) is 138 cm³/mol. The predicted octanol–water partition coefficient (Wildman–Crippen LogP) is 6.56. The van der Waals surface area contributed by atoms with Crippen LogP contribution in [0.1, 0.15) is 73.6 Å². The van der Waals surface area contributed by atoms with Crippen LogP contribution in [0.4, 0.5) is 0 Å². The summed E-state index contributed by atoms with van der Waals surface area (Å²) in [6.07, 6.45) is 7.66. The van der Waals surface area contributed by atoms with Crippen molar-refractivity contribution in [3.05, 3.63) is 12.2 Å². The number of ether oxygens (including phenoxy) is 1. The van der Waals surface area contributed by atoms with Gasteiger partial charge in [-0.05, 0) is 55.5 Å². The molecule has 4 atom stereocenters. The Bertz CT molecular complexity index is 644. The second kappa shape index (κ2) is 11.8. The zero-order valence-corrected chi connectivity index (χ0v) is 24.3. The minimum atomic E-state index is -2.00. The van der Waals surface area contributed by atoms with Crippen LogP contribution in [0.5, 0.6) is 0 Å². The van der Waals surface area contributed by atoms with Crippen LogP contribution in [0.3, 0.4) is 0 Å². The fourth-order valence-electron chi connectivity index (χ4n) is 3.31. The van der Waals surface area contributed by atoms with E-state index in [2.05, 4.69) is 86.0 Å². The number of aliphatic hydroxyl groups excluding tert-OH is 1. The Balaban J connectivity index is 3.01. The summed E-state index contributed by atoms with van der Waals surface area (Å²) in [5.41, 5.74) is 0. The lowest BCUT2D eigenvalue weighted by Crippen LogP contribution is -2.47. The molecule has 1 aliphatic heterocycles. The van der Waals surface area contributed by atoms with Gasteiger partial charge in [0.25, 0.3) is 0 Å². The zero-order valence-electron chi connectivity index (χ0n) is 22.3. The van der Waals surface area contributed by atoms with Crippen LogP contribution in [-0.4, -0.2) is 52.8 Å². The average Bonchev–Trinajstić information content (AvgIpc) is 3.03. The quantitative estimate of drug-likeness (QED) is 0.205. The maximum absolute atomic E-state index is 10.0. The molecular formula is C25H49NO4Si2. The number of hydrogen-bond donors (Lipinski definition) is 1. The second-order valence-electron chi connectivity index (χ2n) is 12.2. The molecule has 1 aliphatic rings. The Kier molecular flexibility index (Phi) is 10.9. The van der Waals surface area contributed by atoms with E-state index in [0.29, 0.717) is 6.42 Å². The van der Waals surface area contributed by atoms with Crippen molar-refractivity contribution in [2.24, 2.45) is 0 Å². The lowest BCUT2D eigenvalue weighted by atomic mass is 10.0. The molecule has 0 unspecified atom stereocenters. The van der Waals surface area contributed by atoms with Crippen LogP contribution in [0, 0.1) is 11.3 Å². The highest BCUT2D eigenvalue weighted by molar-refractivity contribution is 6.74. The van der Waals surface area contributed by atoms with E-state index < -0.39 is 16.6 Å². The van der Waals surface area contributed by atoms with Crippen LogP contribution in [-0.2, 0) is 13.6 Å². The highest BCUT2D eigenvalue weighted by Gasteiger charge is 2.48. The van der Waals surface area contributed by atoms with E-state index in [9.17, 15) is 5.11 Å². The fraction of sp³-hybridized carbons (Fsp3) is 0.880. The number of unbranched alkanes of at least 4 members (excludes halogenated alkanes) is 2. The van der Waals surface area contributed by atoms with Crippen molar-refractivity contribution in [2.45, 2.75) is 134 Å². The molecule has 0 aromatic heterocycles. The molecule has 0 amide bonds. The Morgan fingerprint density at radius 1 is 1.06 bits per heavy atom. The summed E-state index contributed by atoms with van der Waals surface area (Å²) in [5.74, 6) is 0. The van der Waals surface area contributed by atoms with Crippen molar-refractivity contribution in [3.8, 4) is 6.07 Å². The summed E-state index contributed by atoms with van der Waals surface area (Å²) in [6, 6.07) is 2.20. The summed E-state index contributed by atoms with van der Waals surface area (Å²) in [6.45, 7) is 22.5. The van der Waals surface area contributed by atoms with Crippen LogP contribution in [0.2, 0.25) is 36.3 Å². The number of nitrogens with zero attached hydrogens (tertiary/aromatic N) is 1. The molecule has 1 rings (SSSR count). The number of rotatable bonds is 11. The third-order valence-corrected chi connectivity index (χ3v) is 16.5. The van der Waals surface area contributed by atoms with E-state index in [1.165, 1.54) is 0 Å². The van der Waals surface area contributed by atoms with E-state index in [0.717, 1.165) is 25.7 Å². The van der Waals surface area contributed by atoms with Gasteiger partial charge >= 0.3 is 0 Å². The lowest BCUT2D eigenvalue weighted by molar-refractivity contribution is -0.0556. The van der Waals surface area contributed by atoms with Crippen molar-refractivity contribution in [2.75, 3.05) is 6.61 Å². The first-order valence-corrected chi connectivity index (χ1v) is 18.0. The molecule has 186 valence electrons. The van der Waals surface area contributed by atoms with Crippen LogP contribution in [0.25, 0.3) is 0 Å². The van der Waals surface area contributed by atoms with Crippen LogP contribution < -0.4 is 0 Å². The molecule has 0 radical (unpaired) electrons. The van der Waals surface area contributed by atoms with Gasteiger partial charge < -0.3 is 18.7 Å². The first-order chi connectivity index (χ1) is 14.6. The number of nitriles is 1. The van der Waals surface area contributed by atoms with E-state index >= 15 is 0 Å². The van der Waals surface area contributed by atoms with E-state index in [1.54, 1.807) is 0 Å². The molecule has 1 saturated heterocycles. The minimum absolute atomic E-state index is 0.0351. The second-order valence-corrected chi connectivity index (χ2v) is 21.7. The summed E-state index contributed by atoms with van der Waals surface area (Å²) in [5, 5.41) is 19.0. The third kappa shape index (κ3) is 8.37. The van der Waals surface area contributed by atoms with Gasteiger partial charge in [0.05, 0.1) is 31.0 Å². The number of allylic oxidation sites excluding steroid dienone is 1. The molecule has 7 heteroatoms. The lowest BCUT2D eigenvalue weighted by Gasteiger charge is -2.40. The van der Waals surface area contributed by atoms with E-state index in [1.807, 2.05) is 0 Å². The zero-order chi connectivity index (χ0) is 24.8. The fourth-order valence-corrected chi connectivity index (χ4v) is 6.02. The van der Waals surface area contributed by atoms with Crippen molar-refractivity contribution in [1.82, 2.24) is 0 Å². The normalized spacial score (nSPS) is 24.1. The van der Waals surface area contributed by atoms with Gasteiger partial charge in [-0.25, -0.2) is 0 Å². The van der Waals surface area contributed by atoms with Crippen LogP contribution >= 0.6 is 0 Å². The van der Waals surface area contributed by atoms with E-state index in [-0.39, 0.29) is 41.1 Å². The topological polar surface area (TPSA) is 71.7 Å². The van der Waals surface area contributed by atoms with Gasteiger partial charge in [-0.2, -0.15) is 5.26 Å². The summed E-state index contributed by atoms with van der Waals surface area (Å²) in [7, 11) is -3.98. The highest BCUT2D eigenvalue weighted by atomic mass is 28.4. The highest BCUT2D eigenvalue weighted by Crippen LogP contribution is 2.42. The van der Waals surface area contributed by atoms with Crippen molar-refractivity contribution < 1.29 is 18.7 Å². The first-order valence-electron chi connectivity index (χ1n) is 12.2. The summed E-state index contributed by atoms with van der Waals surface area (Å²) in [4.78, 5) is 0. The molecule has 32 heavy (non-hydrogen) atoms. The Hall–Kier alpha value is -0.496. The standard InChI is InChI=1S/C25H49NO4Si2/c1-24(2,3)31(7,8)29-20(16-14-12-11-13-15-17-26)21-18-22(23(19-27)28-21)30-32(9,10)25(4,5)6/h12,14,20-23,27H,11,13,15-16,18-19H2,1-10H3/b14-12-/t20-,21+,22+,23+/m1/s1. The van der Waals surface area contributed by atoms with Gasteiger partial charge in [0.2, 0.25) is 0 Å². The van der Waals surface area contributed by atoms with Gasteiger partial charge in [0.15, 0.2) is 16.6 Å². The Morgan fingerprint density at radius 3 is 2.16 bits per heavy atom. The molecule has 0 spiro atoms. The van der Waals surface area contributed by atoms with Crippen molar-refractivity contribution >= 4 is 16.6 Å². The summed E-state index contributed by atoms with van der Waals surface area (Å²) >= 11 is 0. The smallest absolute Gasteiger partial charge is 0.192 e. The monoisotopic (exact) mass is 483 g/mol. The molecule has 5 nitrogen and oxygen atoms in total. The Labute approximate surface area is 199 Å². The Morgan fingerprint density at radius 2 is 1.66 bits per heavy atom. The number of hydrogen-bond acceptors (Lipinski definition) is 5. The minimum Gasteiger partial charge on any atom is -0.411 e. The molecular weight excluding hydrogens is 434 g/mol. The molecule has 0 bridgehead atoms. The van der Waals surface area contributed by atoms with Crippen molar-refractivity contribution in [3.63, 3.8) is 0 Å². The molecule has 1 fully saturated rings. The van der Waals surface area contributed by atoms with Gasteiger partial charge in [-0.3, -0.25) is 0 Å². The maximum atomic E-state index is 10.0. The molecule has 0 aromatic carbocycles. The molecule has 1 N–H and O–H groups in total. The SMILES string of the molecule is CC(C)(C)[Si](C)(C)O[C@H]1C[C@@H]([C@@H](C/C=C\CCCC#N)O[Si](C)(C)C(C)(C)C)O[C@H]1CO. The van der Waals surface area contributed by atoms with Crippen LogP contribution in [0.15, 0.2) is 12.2 Å². The average molecular weight is 484 g/mol. The van der Waals surface area contributed by atoms with Crippen molar-refractivity contribution in [1.29, 1.82) is 5.26 Å². The molecule has 0 aromatic rings. The van der Waals surface area contributed by atoms with Gasteiger partial charge in [-0.1, -0.05) is 53.7 Å². The summed E-state index contributed by atoms with van der Waals surface area (Å²) < 4.78 is 19.9. The van der Waals surface area contributed by atoms with Gasteiger partial charge in [0.1, 0.15) is 6.10 Å². The third-order valence-electron chi connectivity index (χ3n) is 7.52. The van der Waals surface area contributed by atoms with Gasteiger partial charge in [-0.15, -0.1) is 0 Å². The first kappa shape index (κ1) is 29.5.